The Morgan fingerprint density at radius 1 is 0.950 bits per heavy atom. The number of rotatable bonds is 4. The zero-order valence-electron chi connectivity index (χ0n) is 12.3. The fourth-order valence-corrected chi connectivity index (χ4v) is 1.71. The molecule has 0 saturated carbocycles. The lowest BCUT2D eigenvalue weighted by Crippen LogP contribution is -2.09. The predicted molar refractivity (Wildman–Crippen MR) is 84.9 cm³/mol. The molecule has 0 aromatic heterocycles. The van der Waals surface area contributed by atoms with Gasteiger partial charge in [-0.3, -0.25) is 4.99 Å². The predicted octanol–water partition coefficient (Wildman–Crippen LogP) is 4.94. The van der Waals surface area contributed by atoms with Gasteiger partial charge < -0.3 is 4.74 Å². The summed E-state index contributed by atoms with van der Waals surface area (Å²) in [6.07, 6.45) is 1.91. The molecule has 0 N–H and O–H groups in total. The van der Waals surface area contributed by atoms with Gasteiger partial charge in [-0.25, -0.2) is 0 Å². The minimum Gasteiger partial charge on any atom is -0.457 e. The molecule has 2 nitrogen and oxygen atoms in total. The zero-order valence-corrected chi connectivity index (χ0v) is 12.3. The summed E-state index contributed by atoms with van der Waals surface area (Å²) >= 11 is 0. The van der Waals surface area contributed by atoms with Crippen LogP contribution in [0.4, 0.5) is 0 Å². The van der Waals surface area contributed by atoms with Gasteiger partial charge in [-0.1, -0.05) is 51.1 Å². The number of aliphatic imine (C=N–C) groups is 1. The molecule has 0 aliphatic heterocycles. The zero-order chi connectivity index (χ0) is 14.4. The van der Waals surface area contributed by atoms with Gasteiger partial charge in [-0.2, -0.15) is 0 Å². The van der Waals surface area contributed by atoms with E-state index in [1.54, 1.807) is 0 Å². The van der Waals surface area contributed by atoms with E-state index >= 15 is 0 Å². The van der Waals surface area contributed by atoms with Crippen molar-refractivity contribution in [2.24, 2.45) is 10.4 Å². The number of para-hydroxylation sites is 1. The Morgan fingerprint density at radius 3 is 2.35 bits per heavy atom. The van der Waals surface area contributed by atoms with Gasteiger partial charge in [0.25, 0.3) is 0 Å². The Morgan fingerprint density at radius 2 is 1.65 bits per heavy atom. The number of ether oxygens (including phenoxy) is 1. The lowest BCUT2D eigenvalue weighted by atomic mass is 9.97. The van der Waals surface area contributed by atoms with Gasteiger partial charge in [0.2, 0.25) is 0 Å². The van der Waals surface area contributed by atoms with E-state index in [4.69, 9.17) is 4.74 Å². The van der Waals surface area contributed by atoms with Crippen LogP contribution in [0.25, 0.3) is 0 Å². The normalized spacial score (nSPS) is 11.8. The highest BCUT2D eigenvalue weighted by Crippen LogP contribution is 2.21. The molecule has 104 valence electrons. The first-order chi connectivity index (χ1) is 9.53. The number of benzene rings is 2. The Kier molecular flexibility index (Phi) is 4.57. The molecule has 0 bridgehead atoms. The second kappa shape index (κ2) is 6.38. The molecule has 0 spiro atoms. The molecule has 0 radical (unpaired) electrons. The summed E-state index contributed by atoms with van der Waals surface area (Å²) < 4.78 is 5.80. The van der Waals surface area contributed by atoms with Gasteiger partial charge in [-0.15, -0.1) is 0 Å². The summed E-state index contributed by atoms with van der Waals surface area (Å²) in [6, 6.07) is 17.8. The van der Waals surface area contributed by atoms with Crippen molar-refractivity contribution in [3.05, 3.63) is 60.2 Å². The topological polar surface area (TPSA) is 21.6 Å². The number of hydrogen-bond acceptors (Lipinski definition) is 2. The summed E-state index contributed by atoms with van der Waals surface area (Å²) in [5.74, 6) is 1.67. The molecule has 2 aromatic rings. The van der Waals surface area contributed by atoms with Gasteiger partial charge in [-0.05, 0) is 35.2 Å². The maximum atomic E-state index is 5.80. The first kappa shape index (κ1) is 14.3. The maximum absolute atomic E-state index is 5.80. The molecule has 0 aliphatic carbocycles. The van der Waals surface area contributed by atoms with E-state index in [2.05, 4.69) is 25.8 Å². The molecule has 0 saturated heterocycles. The molecule has 0 aliphatic rings. The van der Waals surface area contributed by atoms with Gasteiger partial charge in [0.15, 0.2) is 0 Å². The van der Waals surface area contributed by atoms with Crippen molar-refractivity contribution in [2.75, 3.05) is 6.54 Å². The molecule has 0 heterocycles. The first-order valence-electron chi connectivity index (χ1n) is 6.86. The molecule has 0 fully saturated rings. The summed E-state index contributed by atoms with van der Waals surface area (Å²) in [6.45, 7) is 7.36. The second-order valence-electron chi connectivity index (χ2n) is 6.02. The Labute approximate surface area is 121 Å². The van der Waals surface area contributed by atoms with Crippen LogP contribution >= 0.6 is 0 Å². The van der Waals surface area contributed by atoms with E-state index in [0.29, 0.717) is 0 Å². The molecule has 2 rings (SSSR count). The smallest absolute Gasteiger partial charge is 0.128 e. The standard InChI is InChI=1S/C18H21NO/c1-18(2,3)14-19-13-15-8-7-11-17(12-15)20-16-9-5-4-6-10-16/h4-13H,14H2,1-3H3. The fraction of sp³-hybridized carbons (Fsp3) is 0.278. The van der Waals surface area contributed by atoms with Crippen LogP contribution in [0.3, 0.4) is 0 Å². The Bertz CT molecular complexity index is 567. The van der Waals surface area contributed by atoms with E-state index < -0.39 is 0 Å². The van der Waals surface area contributed by atoms with Crippen LogP contribution in [0.5, 0.6) is 11.5 Å². The van der Waals surface area contributed by atoms with E-state index in [-0.39, 0.29) is 5.41 Å². The highest BCUT2D eigenvalue weighted by molar-refractivity contribution is 5.80. The van der Waals surface area contributed by atoms with Crippen molar-refractivity contribution < 1.29 is 4.74 Å². The lowest BCUT2D eigenvalue weighted by Gasteiger charge is -2.13. The largest absolute Gasteiger partial charge is 0.457 e. The fourth-order valence-electron chi connectivity index (χ4n) is 1.71. The average Bonchev–Trinajstić information content (AvgIpc) is 2.39. The van der Waals surface area contributed by atoms with Crippen molar-refractivity contribution in [2.45, 2.75) is 20.8 Å². The summed E-state index contributed by atoms with van der Waals surface area (Å²) in [7, 11) is 0. The first-order valence-corrected chi connectivity index (χ1v) is 6.86. The van der Waals surface area contributed by atoms with Crippen LogP contribution < -0.4 is 4.74 Å². The van der Waals surface area contributed by atoms with E-state index in [1.165, 1.54) is 0 Å². The van der Waals surface area contributed by atoms with Gasteiger partial charge in [0.1, 0.15) is 11.5 Å². The molecule has 0 amide bonds. The van der Waals surface area contributed by atoms with Crippen LogP contribution in [0.2, 0.25) is 0 Å². The van der Waals surface area contributed by atoms with Crippen LogP contribution in [-0.4, -0.2) is 12.8 Å². The molecule has 2 aromatic carbocycles. The van der Waals surface area contributed by atoms with Crippen LogP contribution in [0.15, 0.2) is 59.6 Å². The third kappa shape index (κ3) is 4.88. The summed E-state index contributed by atoms with van der Waals surface area (Å²) in [5, 5.41) is 0. The highest BCUT2D eigenvalue weighted by atomic mass is 16.5. The summed E-state index contributed by atoms with van der Waals surface area (Å²) in [5.41, 5.74) is 1.27. The monoisotopic (exact) mass is 267 g/mol. The molecular formula is C18H21NO. The van der Waals surface area contributed by atoms with Crippen LogP contribution in [0, 0.1) is 5.41 Å². The summed E-state index contributed by atoms with van der Waals surface area (Å²) in [4.78, 5) is 4.48. The number of hydrogen-bond donors (Lipinski definition) is 0. The minimum atomic E-state index is 0.217. The van der Waals surface area contributed by atoms with Gasteiger partial charge in [0.05, 0.1) is 0 Å². The third-order valence-corrected chi connectivity index (χ3v) is 2.64. The van der Waals surface area contributed by atoms with Crippen molar-refractivity contribution in [1.82, 2.24) is 0 Å². The molecule has 0 unspecified atom stereocenters. The van der Waals surface area contributed by atoms with E-state index in [0.717, 1.165) is 23.6 Å². The van der Waals surface area contributed by atoms with Gasteiger partial charge >= 0.3 is 0 Å². The quantitative estimate of drug-likeness (QED) is 0.719. The van der Waals surface area contributed by atoms with Crippen LogP contribution in [-0.2, 0) is 0 Å². The second-order valence-corrected chi connectivity index (χ2v) is 6.02. The molecule has 0 atom stereocenters. The van der Waals surface area contributed by atoms with Crippen molar-refractivity contribution in [3.63, 3.8) is 0 Å². The van der Waals surface area contributed by atoms with Crippen LogP contribution in [0.1, 0.15) is 26.3 Å². The molecular weight excluding hydrogens is 246 g/mol. The molecule has 20 heavy (non-hydrogen) atoms. The lowest BCUT2D eigenvalue weighted by molar-refractivity contribution is 0.430. The SMILES string of the molecule is CC(C)(C)CN=Cc1cccc(Oc2ccccc2)c1. The Hall–Kier alpha value is -2.09. The maximum Gasteiger partial charge on any atom is 0.128 e. The van der Waals surface area contributed by atoms with E-state index in [9.17, 15) is 0 Å². The number of nitrogens with zero attached hydrogens (tertiary/aromatic N) is 1. The highest BCUT2D eigenvalue weighted by Gasteiger charge is 2.07. The van der Waals surface area contributed by atoms with Crippen molar-refractivity contribution >= 4 is 6.21 Å². The third-order valence-electron chi connectivity index (χ3n) is 2.64. The van der Waals surface area contributed by atoms with Crippen molar-refractivity contribution in [3.8, 4) is 11.5 Å². The Balaban J connectivity index is 2.05. The van der Waals surface area contributed by atoms with Gasteiger partial charge in [0, 0.05) is 12.8 Å². The van der Waals surface area contributed by atoms with E-state index in [1.807, 2.05) is 60.8 Å². The molecule has 2 heteroatoms. The van der Waals surface area contributed by atoms with Crippen molar-refractivity contribution in [1.29, 1.82) is 0 Å². The average molecular weight is 267 g/mol. The minimum absolute atomic E-state index is 0.217.